The Hall–Kier alpha value is -3.57. The maximum absolute atomic E-state index is 5.20. The summed E-state index contributed by atoms with van der Waals surface area (Å²) in [5.41, 5.74) is 6.51. The van der Waals surface area contributed by atoms with Gasteiger partial charge in [0.2, 0.25) is 0 Å². The van der Waals surface area contributed by atoms with E-state index in [2.05, 4.69) is 53.1 Å². The fraction of sp³-hybridized carbons (Fsp3) is 0.160. The minimum Gasteiger partial charge on any atom is -0.497 e. The van der Waals surface area contributed by atoms with Crippen LogP contribution in [0.4, 0.5) is 22.7 Å². The number of hydrogen-bond donors (Lipinski definition) is 2. The Kier molecular flexibility index (Phi) is 7.24. The van der Waals surface area contributed by atoms with Crippen molar-refractivity contribution in [3.05, 3.63) is 84.4 Å². The summed E-state index contributed by atoms with van der Waals surface area (Å²) in [6.45, 7) is 2.04. The van der Waals surface area contributed by atoms with E-state index in [1.165, 1.54) is 11.3 Å². The first-order chi connectivity index (χ1) is 14.6. The zero-order valence-corrected chi connectivity index (χ0v) is 18.0. The number of methoxy groups -OCH3 is 1. The first-order valence-electron chi connectivity index (χ1n) is 9.98. The third kappa shape index (κ3) is 5.27. The molecule has 0 bridgehead atoms. The highest BCUT2D eigenvalue weighted by atomic mass is 16.5. The van der Waals surface area contributed by atoms with E-state index < -0.39 is 0 Å². The van der Waals surface area contributed by atoms with Gasteiger partial charge in [0.1, 0.15) is 11.4 Å². The van der Waals surface area contributed by atoms with Gasteiger partial charge in [-0.15, -0.1) is 0 Å². The molecule has 3 N–H and O–H groups in total. The molecule has 3 aromatic rings. The molecule has 0 aliphatic carbocycles. The molecule has 30 heavy (non-hydrogen) atoms. The molecule has 0 heterocycles. The Morgan fingerprint density at radius 2 is 1.60 bits per heavy atom. The van der Waals surface area contributed by atoms with Crippen LogP contribution < -0.4 is 20.4 Å². The average molecular weight is 402 g/mol. The topological polar surface area (TPSA) is 53.5 Å². The minimum absolute atomic E-state index is 0.843. The Bertz CT molecular complexity index is 1010. The van der Waals surface area contributed by atoms with Crippen molar-refractivity contribution in [2.45, 2.75) is 6.92 Å². The number of quaternary nitrogens is 1. The molecular weight excluding hydrogens is 372 g/mol. The molecule has 3 aromatic carbocycles. The van der Waals surface area contributed by atoms with Gasteiger partial charge in [-0.3, -0.25) is 5.01 Å². The van der Waals surface area contributed by atoms with Crippen LogP contribution in [0, 0.1) is 0 Å². The lowest BCUT2D eigenvalue weighted by Gasteiger charge is -2.15. The molecule has 0 saturated heterocycles. The highest BCUT2D eigenvalue weighted by Gasteiger charge is 2.07. The normalized spacial score (nSPS) is 11.5. The van der Waals surface area contributed by atoms with Gasteiger partial charge < -0.3 is 15.4 Å². The maximum atomic E-state index is 5.20. The Morgan fingerprint density at radius 1 is 0.967 bits per heavy atom. The summed E-state index contributed by atoms with van der Waals surface area (Å²) in [5, 5.41) is 12.0. The molecular formula is C25H29N4O+. The molecule has 0 fully saturated rings. The van der Waals surface area contributed by atoms with Crippen molar-refractivity contribution in [3.8, 4) is 5.75 Å². The molecule has 5 nitrogen and oxygen atoms in total. The first kappa shape index (κ1) is 21.1. The number of hydrazone groups is 1. The van der Waals surface area contributed by atoms with Crippen molar-refractivity contribution < 1.29 is 10.1 Å². The number of nitrogens with zero attached hydrogens (tertiary/aromatic N) is 2. The standard InChI is InChI=1S/C25H28N4O/c1-5-19(24-8-6-7-9-25(24)26-2)18-27-29(3)22-14-10-20(11-15-22)28-21-12-16-23(30-4)17-13-21/h5-18,26,28H,1-4H3/p+1/b19-5-,27-18-. The number of ether oxygens (including phenoxy) is 1. The molecule has 0 aromatic heterocycles. The van der Waals surface area contributed by atoms with Crippen molar-refractivity contribution in [2.24, 2.45) is 5.10 Å². The molecule has 0 aliphatic heterocycles. The fourth-order valence-electron chi connectivity index (χ4n) is 3.13. The number of nitrogens with two attached hydrogens (primary N) is 1. The van der Waals surface area contributed by atoms with Crippen LogP contribution in [0.5, 0.6) is 5.75 Å². The lowest BCUT2D eigenvalue weighted by Crippen LogP contribution is -2.73. The van der Waals surface area contributed by atoms with Gasteiger partial charge in [-0.1, -0.05) is 18.2 Å². The average Bonchev–Trinajstić information content (AvgIpc) is 2.80. The molecule has 0 aliphatic rings. The lowest BCUT2D eigenvalue weighted by atomic mass is 10.0. The smallest absolute Gasteiger partial charge is 0.137 e. The van der Waals surface area contributed by atoms with Crippen molar-refractivity contribution in [1.82, 2.24) is 0 Å². The van der Waals surface area contributed by atoms with Crippen molar-refractivity contribution in [3.63, 3.8) is 0 Å². The van der Waals surface area contributed by atoms with Gasteiger partial charge in [0.05, 0.1) is 26.1 Å². The summed E-state index contributed by atoms with van der Waals surface area (Å²) in [7, 11) is 5.67. The van der Waals surface area contributed by atoms with Crippen LogP contribution in [0.3, 0.4) is 0 Å². The van der Waals surface area contributed by atoms with Crippen LogP contribution in [0.2, 0.25) is 0 Å². The van der Waals surface area contributed by atoms with E-state index in [-0.39, 0.29) is 0 Å². The number of allylic oxidation sites excluding steroid dienone is 2. The van der Waals surface area contributed by atoms with Gasteiger partial charge in [0, 0.05) is 29.6 Å². The van der Waals surface area contributed by atoms with Crippen LogP contribution in [-0.4, -0.2) is 27.4 Å². The summed E-state index contributed by atoms with van der Waals surface area (Å²) in [6, 6.07) is 24.4. The van der Waals surface area contributed by atoms with Crippen LogP contribution in [-0.2, 0) is 0 Å². The zero-order valence-electron chi connectivity index (χ0n) is 18.0. The van der Waals surface area contributed by atoms with Gasteiger partial charge in [-0.2, -0.15) is 5.10 Å². The zero-order chi connectivity index (χ0) is 21.3. The van der Waals surface area contributed by atoms with Gasteiger partial charge in [0.25, 0.3) is 0 Å². The van der Waals surface area contributed by atoms with E-state index in [0.29, 0.717) is 0 Å². The second-order valence-electron chi connectivity index (χ2n) is 6.79. The summed E-state index contributed by atoms with van der Waals surface area (Å²) in [5.74, 6) is 0.843. The Labute approximate surface area is 178 Å². The number of benzene rings is 3. The van der Waals surface area contributed by atoms with Gasteiger partial charge in [0.15, 0.2) is 0 Å². The number of nitrogens with one attached hydrogen (secondary N) is 1. The Morgan fingerprint density at radius 3 is 2.20 bits per heavy atom. The van der Waals surface area contributed by atoms with Gasteiger partial charge >= 0.3 is 0 Å². The monoisotopic (exact) mass is 401 g/mol. The highest BCUT2D eigenvalue weighted by Crippen LogP contribution is 2.23. The third-order valence-electron chi connectivity index (χ3n) is 4.88. The van der Waals surface area contributed by atoms with Gasteiger partial charge in [-0.05, 0) is 67.6 Å². The quantitative estimate of drug-likeness (QED) is 0.324. The fourth-order valence-corrected chi connectivity index (χ4v) is 3.13. The van der Waals surface area contributed by atoms with Gasteiger partial charge in [-0.25, -0.2) is 0 Å². The van der Waals surface area contributed by atoms with E-state index in [9.17, 15) is 0 Å². The molecule has 3 rings (SSSR count). The van der Waals surface area contributed by atoms with E-state index in [0.717, 1.165) is 28.4 Å². The highest BCUT2D eigenvalue weighted by molar-refractivity contribution is 6.11. The minimum atomic E-state index is 0.843. The van der Waals surface area contributed by atoms with Crippen LogP contribution >= 0.6 is 0 Å². The maximum Gasteiger partial charge on any atom is 0.137 e. The molecule has 0 saturated carbocycles. The molecule has 5 heteroatoms. The van der Waals surface area contributed by atoms with Crippen LogP contribution in [0.25, 0.3) is 5.57 Å². The largest absolute Gasteiger partial charge is 0.497 e. The number of anilines is 3. The van der Waals surface area contributed by atoms with E-state index in [1.54, 1.807) is 7.11 Å². The number of rotatable bonds is 8. The molecule has 0 spiro atoms. The number of hydrogen-bond acceptors (Lipinski definition) is 4. The molecule has 0 atom stereocenters. The van der Waals surface area contributed by atoms with Crippen LogP contribution in [0.1, 0.15) is 12.5 Å². The lowest BCUT2D eigenvalue weighted by molar-refractivity contribution is -0.539. The second-order valence-corrected chi connectivity index (χ2v) is 6.79. The predicted molar refractivity (Wildman–Crippen MR) is 127 cm³/mol. The summed E-state index contributed by atoms with van der Waals surface area (Å²) in [4.78, 5) is 0. The Balaban J connectivity index is 1.68. The van der Waals surface area contributed by atoms with Crippen molar-refractivity contribution in [2.75, 3.05) is 31.5 Å². The third-order valence-corrected chi connectivity index (χ3v) is 4.88. The molecule has 0 radical (unpaired) electrons. The number of para-hydroxylation sites is 1. The van der Waals surface area contributed by atoms with E-state index >= 15 is 0 Å². The summed E-state index contributed by atoms with van der Waals surface area (Å²) >= 11 is 0. The molecule has 0 amide bonds. The second kappa shape index (κ2) is 10.3. The first-order valence-corrected chi connectivity index (χ1v) is 9.98. The van der Waals surface area contributed by atoms with Crippen molar-refractivity contribution >= 4 is 34.5 Å². The summed E-state index contributed by atoms with van der Waals surface area (Å²) in [6.07, 6.45) is 3.99. The van der Waals surface area contributed by atoms with E-state index in [1.807, 2.05) is 73.7 Å². The van der Waals surface area contributed by atoms with Crippen LogP contribution in [0.15, 0.2) is 84.0 Å². The summed E-state index contributed by atoms with van der Waals surface area (Å²) < 4.78 is 5.20. The molecule has 154 valence electrons. The predicted octanol–water partition coefficient (Wildman–Crippen LogP) is 4.79. The molecule has 0 unspecified atom stereocenters. The van der Waals surface area contributed by atoms with E-state index in [4.69, 9.17) is 4.74 Å². The SMILES string of the molecule is C/C=C(/C=N\N(C)c1ccc(Nc2ccc(OC)cc2)cc1)c1ccccc1[NH2+]C. The van der Waals surface area contributed by atoms with Crippen molar-refractivity contribution in [1.29, 1.82) is 0 Å².